The molecule has 12 heteroatoms. The Morgan fingerprint density at radius 3 is 2.65 bits per heavy atom. The second-order valence-electron chi connectivity index (χ2n) is 6.76. The number of furan rings is 1. The molecule has 0 radical (unpaired) electrons. The SMILES string of the molecule is CCOC(=O)COc1c(/C=C2/NC(=O)N(Cc3ccc(C(=O)OC)o3)C2=O)cc(Br)cc1OC. The summed E-state index contributed by atoms with van der Waals surface area (Å²) in [5.41, 5.74) is 0.331. The first-order chi connectivity index (χ1) is 16.3. The van der Waals surface area contributed by atoms with Gasteiger partial charge in [0.1, 0.15) is 11.5 Å². The summed E-state index contributed by atoms with van der Waals surface area (Å²) >= 11 is 3.36. The predicted octanol–water partition coefficient (Wildman–Crippen LogP) is 2.87. The molecule has 0 spiro atoms. The number of carbonyl (C=O) groups is 4. The van der Waals surface area contributed by atoms with Crippen LogP contribution in [0.3, 0.4) is 0 Å². The van der Waals surface area contributed by atoms with E-state index in [0.29, 0.717) is 15.8 Å². The number of esters is 2. The molecule has 1 saturated heterocycles. The van der Waals surface area contributed by atoms with Crippen LogP contribution >= 0.6 is 15.9 Å². The molecule has 0 saturated carbocycles. The molecule has 2 heterocycles. The Bertz CT molecular complexity index is 1160. The fraction of sp³-hybridized carbons (Fsp3) is 0.273. The van der Waals surface area contributed by atoms with E-state index < -0.39 is 23.9 Å². The van der Waals surface area contributed by atoms with Gasteiger partial charge in [-0.25, -0.2) is 14.4 Å². The summed E-state index contributed by atoms with van der Waals surface area (Å²) < 4.78 is 26.3. The Morgan fingerprint density at radius 1 is 1.21 bits per heavy atom. The normalized spacial score (nSPS) is 14.2. The minimum Gasteiger partial charge on any atom is -0.493 e. The molecule has 34 heavy (non-hydrogen) atoms. The van der Waals surface area contributed by atoms with Crippen molar-refractivity contribution in [3.63, 3.8) is 0 Å². The summed E-state index contributed by atoms with van der Waals surface area (Å²) in [6.45, 7) is 1.29. The lowest BCUT2D eigenvalue weighted by molar-refractivity contribution is -0.145. The maximum absolute atomic E-state index is 12.9. The number of imide groups is 1. The van der Waals surface area contributed by atoms with Gasteiger partial charge in [0.25, 0.3) is 5.91 Å². The Morgan fingerprint density at radius 2 is 1.97 bits per heavy atom. The summed E-state index contributed by atoms with van der Waals surface area (Å²) in [7, 11) is 2.63. The third kappa shape index (κ3) is 5.57. The second-order valence-corrected chi connectivity index (χ2v) is 7.67. The van der Waals surface area contributed by atoms with Crippen LogP contribution in [-0.2, 0) is 25.6 Å². The quantitative estimate of drug-likeness (QED) is 0.291. The Kier molecular flexibility index (Phi) is 7.95. The third-order valence-corrected chi connectivity index (χ3v) is 4.99. The smallest absolute Gasteiger partial charge is 0.373 e. The number of benzene rings is 1. The van der Waals surface area contributed by atoms with E-state index in [4.69, 9.17) is 18.6 Å². The minimum atomic E-state index is -0.678. The average Bonchev–Trinajstić information content (AvgIpc) is 3.38. The molecular formula is C22H21BrN2O9. The Labute approximate surface area is 202 Å². The molecule has 0 unspecified atom stereocenters. The van der Waals surface area contributed by atoms with E-state index in [1.54, 1.807) is 19.1 Å². The molecular weight excluding hydrogens is 516 g/mol. The largest absolute Gasteiger partial charge is 0.493 e. The molecule has 0 atom stereocenters. The van der Waals surface area contributed by atoms with Crippen LogP contribution in [0.1, 0.15) is 28.8 Å². The van der Waals surface area contributed by atoms with E-state index in [0.717, 1.165) is 4.90 Å². The number of urea groups is 1. The van der Waals surface area contributed by atoms with Crippen LogP contribution in [0.4, 0.5) is 4.79 Å². The standard InChI is InChI=1S/C22H21BrN2O9/c1-4-32-18(26)11-33-19-12(7-13(23)9-17(19)30-2)8-15-20(27)25(22(29)24-15)10-14-5-6-16(34-14)21(28)31-3/h5-9H,4,10-11H2,1-3H3,(H,24,29)/b15-8+. The van der Waals surface area contributed by atoms with Crippen molar-refractivity contribution >= 4 is 45.9 Å². The van der Waals surface area contributed by atoms with Crippen LogP contribution in [0, 0.1) is 0 Å². The second kappa shape index (κ2) is 10.9. The zero-order chi connectivity index (χ0) is 24.8. The van der Waals surface area contributed by atoms with Crippen molar-refractivity contribution in [2.75, 3.05) is 27.4 Å². The number of carbonyl (C=O) groups excluding carboxylic acids is 4. The zero-order valence-corrected chi connectivity index (χ0v) is 20.1. The lowest BCUT2D eigenvalue weighted by Crippen LogP contribution is -2.30. The first kappa shape index (κ1) is 24.8. The highest BCUT2D eigenvalue weighted by Crippen LogP contribution is 2.36. The summed E-state index contributed by atoms with van der Waals surface area (Å²) in [6, 6.07) is 5.43. The number of methoxy groups -OCH3 is 2. The minimum absolute atomic E-state index is 0.0362. The fourth-order valence-electron chi connectivity index (χ4n) is 3.04. The molecule has 3 rings (SSSR count). The number of rotatable bonds is 9. The van der Waals surface area contributed by atoms with Crippen molar-refractivity contribution in [2.24, 2.45) is 0 Å². The van der Waals surface area contributed by atoms with Crippen molar-refractivity contribution in [3.05, 3.63) is 51.5 Å². The van der Waals surface area contributed by atoms with Gasteiger partial charge in [0, 0.05) is 10.0 Å². The highest BCUT2D eigenvalue weighted by Gasteiger charge is 2.35. The molecule has 1 aliphatic heterocycles. The van der Waals surface area contributed by atoms with E-state index in [2.05, 4.69) is 26.0 Å². The first-order valence-electron chi connectivity index (χ1n) is 9.94. The number of amides is 3. The van der Waals surface area contributed by atoms with E-state index in [9.17, 15) is 19.2 Å². The Balaban J connectivity index is 1.86. The van der Waals surface area contributed by atoms with Crippen LogP contribution in [0.5, 0.6) is 11.5 Å². The van der Waals surface area contributed by atoms with Gasteiger partial charge in [-0.2, -0.15) is 0 Å². The van der Waals surface area contributed by atoms with Gasteiger partial charge < -0.3 is 28.7 Å². The topological polar surface area (TPSA) is 134 Å². The predicted molar refractivity (Wildman–Crippen MR) is 120 cm³/mol. The van der Waals surface area contributed by atoms with Crippen molar-refractivity contribution < 1.29 is 42.5 Å². The van der Waals surface area contributed by atoms with Gasteiger partial charge in [-0.1, -0.05) is 15.9 Å². The molecule has 1 aromatic heterocycles. The highest BCUT2D eigenvalue weighted by atomic mass is 79.9. The molecule has 1 fully saturated rings. The molecule has 0 aliphatic carbocycles. The van der Waals surface area contributed by atoms with Crippen molar-refractivity contribution in [1.29, 1.82) is 0 Å². The van der Waals surface area contributed by atoms with Crippen molar-refractivity contribution in [2.45, 2.75) is 13.5 Å². The number of halogens is 1. The molecule has 1 aliphatic rings. The van der Waals surface area contributed by atoms with Crippen molar-refractivity contribution in [3.8, 4) is 11.5 Å². The van der Waals surface area contributed by atoms with Gasteiger partial charge in [0.15, 0.2) is 18.1 Å². The van der Waals surface area contributed by atoms with E-state index in [1.165, 1.54) is 32.4 Å². The summed E-state index contributed by atoms with van der Waals surface area (Å²) in [6.07, 6.45) is 1.40. The maximum Gasteiger partial charge on any atom is 0.373 e. The molecule has 0 bridgehead atoms. The van der Waals surface area contributed by atoms with Crippen LogP contribution in [-0.4, -0.2) is 56.2 Å². The Hall–Kier alpha value is -3.80. The molecule has 3 amide bonds. The van der Waals surface area contributed by atoms with Crippen LogP contribution in [0.2, 0.25) is 0 Å². The average molecular weight is 537 g/mol. The van der Waals surface area contributed by atoms with Gasteiger partial charge in [-0.05, 0) is 37.3 Å². The molecule has 1 N–H and O–H groups in total. The van der Waals surface area contributed by atoms with Crippen LogP contribution in [0.25, 0.3) is 6.08 Å². The molecule has 11 nitrogen and oxygen atoms in total. The number of hydrogen-bond donors (Lipinski definition) is 1. The highest BCUT2D eigenvalue weighted by molar-refractivity contribution is 9.10. The summed E-state index contributed by atoms with van der Waals surface area (Å²) in [5.74, 6) is -1.24. The van der Waals surface area contributed by atoms with Gasteiger partial charge >= 0.3 is 18.0 Å². The summed E-state index contributed by atoms with van der Waals surface area (Å²) in [5, 5.41) is 2.49. The summed E-state index contributed by atoms with van der Waals surface area (Å²) in [4.78, 5) is 49.6. The third-order valence-electron chi connectivity index (χ3n) is 4.53. The number of nitrogens with zero attached hydrogens (tertiary/aromatic N) is 1. The lowest BCUT2D eigenvalue weighted by atomic mass is 10.1. The van der Waals surface area contributed by atoms with Gasteiger partial charge in [0.2, 0.25) is 5.76 Å². The van der Waals surface area contributed by atoms with Gasteiger partial charge in [0.05, 0.1) is 27.4 Å². The van der Waals surface area contributed by atoms with E-state index in [-0.39, 0.29) is 42.7 Å². The number of nitrogens with one attached hydrogen (secondary N) is 1. The monoisotopic (exact) mass is 536 g/mol. The lowest BCUT2D eigenvalue weighted by Gasteiger charge is -2.14. The van der Waals surface area contributed by atoms with Crippen LogP contribution in [0.15, 0.2) is 38.9 Å². The molecule has 1 aromatic carbocycles. The molecule has 180 valence electrons. The number of ether oxygens (including phenoxy) is 4. The molecule has 2 aromatic rings. The maximum atomic E-state index is 12.9. The fourth-order valence-corrected chi connectivity index (χ4v) is 3.49. The van der Waals surface area contributed by atoms with Gasteiger partial charge in [-0.3, -0.25) is 9.69 Å². The first-order valence-corrected chi connectivity index (χ1v) is 10.7. The van der Waals surface area contributed by atoms with Crippen LogP contribution < -0.4 is 14.8 Å². The zero-order valence-electron chi connectivity index (χ0n) is 18.5. The van der Waals surface area contributed by atoms with E-state index >= 15 is 0 Å². The van der Waals surface area contributed by atoms with Crippen molar-refractivity contribution in [1.82, 2.24) is 10.2 Å². The number of hydrogen-bond acceptors (Lipinski definition) is 9. The van der Waals surface area contributed by atoms with Gasteiger partial charge in [-0.15, -0.1) is 0 Å². The van der Waals surface area contributed by atoms with E-state index in [1.807, 2.05) is 0 Å².